The van der Waals surface area contributed by atoms with E-state index in [1.807, 2.05) is 0 Å². The lowest BCUT2D eigenvalue weighted by atomic mass is 9.99. The van der Waals surface area contributed by atoms with Crippen molar-refractivity contribution in [2.75, 3.05) is 19.5 Å². The Morgan fingerprint density at radius 3 is 2.47 bits per heavy atom. The van der Waals surface area contributed by atoms with Gasteiger partial charge in [-0.15, -0.1) is 5.06 Å². The molecule has 13 heteroatoms. The lowest BCUT2D eigenvalue weighted by Gasteiger charge is -2.42. The predicted molar refractivity (Wildman–Crippen MR) is 122 cm³/mol. The summed E-state index contributed by atoms with van der Waals surface area (Å²) in [6, 6.07) is 11.6. The molecule has 0 spiro atoms. The summed E-state index contributed by atoms with van der Waals surface area (Å²) in [6.45, 7) is -1.41. The smallest absolute Gasteiger partial charge is 0.353 e. The van der Waals surface area contributed by atoms with E-state index in [4.69, 9.17) is 15.2 Å². The number of halogens is 1. The number of aliphatic hydroxyl groups excluding tert-OH is 2. The van der Waals surface area contributed by atoms with Gasteiger partial charge in [0.05, 0.1) is 20.3 Å². The SMILES string of the molecule is COc1ccc(CN(O)[C@@]2(O)[C@H](O)[C@@H](CO)O[C@@]2(O)n2c(N)c(-c3ccccc3F)cnc2=O)cc1. The Hall–Kier alpha value is -3.43. The number of ether oxygens (including phenoxy) is 2. The number of hydrogen-bond acceptors (Lipinski definition) is 11. The number of nitrogens with zero attached hydrogens (tertiary/aromatic N) is 3. The Labute approximate surface area is 203 Å². The van der Waals surface area contributed by atoms with Crippen molar-refractivity contribution in [3.8, 4) is 16.9 Å². The van der Waals surface area contributed by atoms with Crippen molar-refractivity contribution in [1.29, 1.82) is 0 Å². The minimum atomic E-state index is -3.28. The number of nitrogen functional groups attached to an aromatic ring is 1. The summed E-state index contributed by atoms with van der Waals surface area (Å²) in [7, 11) is 1.46. The van der Waals surface area contributed by atoms with Gasteiger partial charge in [-0.05, 0) is 23.8 Å². The molecule has 1 saturated heterocycles. The van der Waals surface area contributed by atoms with Gasteiger partial charge in [-0.25, -0.2) is 18.7 Å². The van der Waals surface area contributed by atoms with Crippen LogP contribution in [0.25, 0.3) is 11.1 Å². The van der Waals surface area contributed by atoms with Crippen molar-refractivity contribution >= 4 is 5.82 Å². The van der Waals surface area contributed by atoms with Crippen molar-refractivity contribution in [2.24, 2.45) is 0 Å². The van der Waals surface area contributed by atoms with Crippen LogP contribution < -0.4 is 16.2 Å². The van der Waals surface area contributed by atoms with Gasteiger partial charge >= 0.3 is 11.6 Å². The number of hydroxylamine groups is 2. The molecule has 2 heterocycles. The van der Waals surface area contributed by atoms with Crippen LogP contribution in [0.1, 0.15) is 5.56 Å². The maximum absolute atomic E-state index is 14.5. The number of aliphatic hydroxyl groups is 4. The zero-order valence-electron chi connectivity index (χ0n) is 19.0. The number of nitrogens with two attached hydrogens (primary N) is 1. The second-order valence-corrected chi connectivity index (χ2v) is 8.18. The molecule has 0 amide bonds. The Balaban J connectivity index is 1.85. The van der Waals surface area contributed by atoms with Crippen molar-refractivity contribution in [3.63, 3.8) is 0 Å². The van der Waals surface area contributed by atoms with Gasteiger partial charge in [-0.1, -0.05) is 30.3 Å². The van der Waals surface area contributed by atoms with E-state index < -0.39 is 54.3 Å². The lowest BCUT2D eigenvalue weighted by Crippen LogP contribution is -2.68. The summed E-state index contributed by atoms with van der Waals surface area (Å²) in [5, 5.41) is 54.6. The van der Waals surface area contributed by atoms with Gasteiger partial charge in [0.1, 0.15) is 29.6 Å². The molecule has 7 N–H and O–H groups in total. The Kier molecular flexibility index (Phi) is 6.81. The van der Waals surface area contributed by atoms with Gasteiger partial charge in [0.25, 0.3) is 0 Å². The van der Waals surface area contributed by atoms with Crippen LogP contribution in [0.2, 0.25) is 0 Å². The molecule has 4 rings (SSSR count). The summed E-state index contributed by atoms with van der Waals surface area (Å²) in [5.41, 5.74) is 1.89. The van der Waals surface area contributed by atoms with E-state index in [1.165, 1.54) is 37.4 Å². The molecule has 1 aliphatic rings. The molecular weight excluding hydrogens is 479 g/mol. The first-order valence-corrected chi connectivity index (χ1v) is 10.7. The van der Waals surface area contributed by atoms with Crippen LogP contribution in [0.15, 0.2) is 59.5 Å². The third-order valence-electron chi connectivity index (χ3n) is 6.10. The van der Waals surface area contributed by atoms with E-state index in [-0.39, 0.29) is 20.8 Å². The predicted octanol–water partition coefficient (Wildman–Crippen LogP) is -0.425. The Morgan fingerprint density at radius 1 is 1.19 bits per heavy atom. The molecule has 0 unspecified atom stereocenters. The minimum absolute atomic E-state index is 0.0836. The zero-order chi connectivity index (χ0) is 26.3. The van der Waals surface area contributed by atoms with Gasteiger partial charge in [-0.2, -0.15) is 0 Å². The average Bonchev–Trinajstić information content (AvgIpc) is 3.07. The highest BCUT2D eigenvalue weighted by molar-refractivity contribution is 5.73. The van der Waals surface area contributed by atoms with Crippen LogP contribution in [-0.4, -0.2) is 71.9 Å². The van der Waals surface area contributed by atoms with Crippen LogP contribution in [-0.2, 0) is 17.2 Å². The third kappa shape index (κ3) is 3.92. The van der Waals surface area contributed by atoms with Crippen molar-refractivity contribution in [3.05, 3.63) is 76.6 Å². The van der Waals surface area contributed by atoms with Crippen LogP contribution in [0.5, 0.6) is 5.75 Å². The first-order chi connectivity index (χ1) is 17.1. The van der Waals surface area contributed by atoms with Gasteiger partial charge in [0.2, 0.25) is 5.72 Å². The molecule has 192 valence electrons. The summed E-state index contributed by atoms with van der Waals surface area (Å²) >= 11 is 0. The molecule has 0 bridgehead atoms. The molecule has 1 aromatic heterocycles. The highest BCUT2D eigenvalue weighted by Crippen LogP contribution is 2.45. The normalized spacial score (nSPS) is 25.9. The lowest BCUT2D eigenvalue weighted by molar-refractivity contribution is -0.413. The first kappa shape index (κ1) is 25.7. The standard InChI is InChI=1S/C23H25FN4O8/c1-35-14-8-6-13(7-9-14)11-27(34)22(32)19(30)18(12-29)36-23(22,33)28-20(25)16(10-26-21(28)31)15-4-2-3-5-17(15)24/h2-10,18-19,29-30,32-34H,11-12,25H2,1H3/t18-,19-,22-,23-/m1/s1. The maximum Gasteiger partial charge on any atom is 0.353 e. The van der Waals surface area contributed by atoms with Gasteiger partial charge < -0.3 is 40.8 Å². The van der Waals surface area contributed by atoms with Crippen LogP contribution >= 0.6 is 0 Å². The number of hydrogen-bond donors (Lipinski definition) is 6. The molecule has 2 aromatic carbocycles. The van der Waals surface area contributed by atoms with Crippen molar-refractivity contribution in [2.45, 2.75) is 30.4 Å². The number of methoxy groups -OCH3 is 1. The molecule has 1 fully saturated rings. The fraction of sp³-hybridized carbons (Fsp3) is 0.304. The van der Waals surface area contributed by atoms with E-state index in [2.05, 4.69) is 4.98 Å². The minimum Gasteiger partial charge on any atom is -0.497 e. The monoisotopic (exact) mass is 504 g/mol. The summed E-state index contributed by atoms with van der Waals surface area (Å²) < 4.78 is 25.2. The summed E-state index contributed by atoms with van der Waals surface area (Å²) in [6.07, 6.45) is -2.86. The molecule has 3 aromatic rings. The van der Waals surface area contributed by atoms with E-state index in [0.717, 1.165) is 12.3 Å². The van der Waals surface area contributed by atoms with E-state index in [1.54, 1.807) is 12.1 Å². The number of rotatable bonds is 7. The maximum atomic E-state index is 14.5. The van der Waals surface area contributed by atoms with E-state index in [0.29, 0.717) is 11.3 Å². The first-order valence-electron chi connectivity index (χ1n) is 10.7. The Bertz CT molecular complexity index is 1310. The van der Waals surface area contributed by atoms with Gasteiger partial charge in [0.15, 0.2) is 0 Å². The molecule has 36 heavy (non-hydrogen) atoms. The Morgan fingerprint density at radius 2 is 1.86 bits per heavy atom. The van der Waals surface area contributed by atoms with Gasteiger partial charge in [-0.3, -0.25) is 0 Å². The van der Waals surface area contributed by atoms with E-state index >= 15 is 0 Å². The molecule has 1 aliphatic heterocycles. The molecular formula is C23H25FN4O8. The van der Waals surface area contributed by atoms with Crippen molar-refractivity contribution in [1.82, 2.24) is 14.6 Å². The average molecular weight is 504 g/mol. The summed E-state index contributed by atoms with van der Waals surface area (Å²) in [5.74, 6) is -4.08. The fourth-order valence-electron chi connectivity index (χ4n) is 4.16. The molecule has 0 aliphatic carbocycles. The fourth-order valence-corrected chi connectivity index (χ4v) is 4.16. The van der Waals surface area contributed by atoms with Crippen molar-refractivity contribution < 1.29 is 39.5 Å². The number of benzene rings is 2. The topological polar surface area (TPSA) is 184 Å². The second kappa shape index (κ2) is 9.55. The molecule has 0 radical (unpaired) electrons. The number of aromatic nitrogens is 2. The highest BCUT2D eigenvalue weighted by Gasteiger charge is 2.70. The molecule has 4 atom stereocenters. The zero-order valence-corrected chi connectivity index (χ0v) is 19.0. The summed E-state index contributed by atoms with van der Waals surface area (Å²) in [4.78, 5) is 16.4. The molecule has 12 nitrogen and oxygen atoms in total. The quantitative estimate of drug-likeness (QED) is 0.181. The van der Waals surface area contributed by atoms with Crippen LogP contribution in [0.4, 0.5) is 10.2 Å². The number of anilines is 1. The highest BCUT2D eigenvalue weighted by atomic mass is 19.1. The van der Waals surface area contributed by atoms with E-state index in [9.17, 15) is 34.8 Å². The van der Waals surface area contributed by atoms with Crippen LogP contribution in [0, 0.1) is 5.82 Å². The second-order valence-electron chi connectivity index (χ2n) is 8.18. The third-order valence-corrected chi connectivity index (χ3v) is 6.10. The largest absolute Gasteiger partial charge is 0.497 e. The molecule has 0 saturated carbocycles. The van der Waals surface area contributed by atoms with Crippen LogP contribution in [0.3, 0.4) is 0 Å². The van der Waals surface area contributed by atoms with Gasteiger partial charge in [0, 0.05) is 17.3 Å².